The van der Waals surface area contributed by atoms with Gasteiger partial charge in [-0.1, -0.05) is 0 Å². The number of rotatable bonds is 2. The molecule has 0 unspecified atom stereocenters. The van der Waals surface area contributed by atoms with Crippen molar-refractivity contribution in [3.05, 3.63) is 42.0 Å². The van der Waals surface area contributed by atoms with Crippen molar-refractivity contribution in [1.82, 2.24) is 14.8 Å². The van der Waals surface area contributed by atoms with E-state index in [1.54, 1.807) is 0 Å². The summed E-state index contributed by atoms with van der Waals surface area (Å²) in [6.45, 7) is 0. The van der Waals surface area contributed by atoms with Gasteiger partial charge < -0.3 is 5.11 Å². The summed E-state index contributed by atoms with van der Waals surface area (Å²) in [7, 11) is 0. The van der Waals surface area contributed by atoms with E-state index < -0.39 is 23.4 Å². The Kier molecular flexibility index (Phi) is 2.35. The van der Waals surface area contributed by atoms with Crippen LogP contribution in [-0.4, -0.2) is 25.8 Å². The summed E-state index contributed by atoms with van der Waals surface area (Å²) in [5.74, 6) is -3.34. The summed E-state index contributed by atoms with van der Waals surface area (Å²) in [5, 5.41) is 12.1. The molecule has 0 aliphatic heterocycles. The predicted octanol–water partition coefficient (Wildman–Crippen LogP) is 1.24. The number of benzene rings is 1. The maximum absolute atomic E-state index is 13.3. The van der Waals surface area contributed by atoms with Gasteiger partial charge in [0.1, 0.15) is 17.8 Å². The fourth-order valence-electron chi connectivity index (χ4n) is 1.14. The number of hydrogen-bond donors (Lipinski definition) is 1. The average Bonchev–Trinajstić information content (AvgIpc) is 2.66. The van der Waals surface area contributed by atoms with Crippen LogP contribution < -0.4 is 0 Å². The second-order valence-electron chi connectivity index (χ2n) is 2.91. The van der Waals surface area contributed by atoms with Gasteiger partial charge in [-0.15, -0.1) is 5.10 Å². The van der Waals surface area contributed by atoms with Crippen molar-refractivity contribution in [1.29, 1.82) is 0 Å². The van der Waals surface area contributed by atoms with Crippen LogP contribution in [0.1, 0.15) is 10.6 Å². The first-order chi connectivity index (χ1) is 7.58. The normalized spacial score (nSPS) is 10.4. The molecule has 0 atom stereocenters. The number of aromatic nitrogens is 3. The first kappa shape index (κ1) is 10.2. The summed E-state index contributed by atoms with van der Waals surface area (Å²) in [5.41, 5.74) is -0.0681. The molecular weight excluding hydrogens is 220 g/mol. The van der Waals surface area contributed by atoms with E-state index in [2.05, 4.69) is 10.1 Å². The van der Waals surface area contributed by atoms with Crippen molar-refractivity contribution in [3.8, 4) is 5.69 Å². The van der Waals surface area contributed by atoms with Gasteiger partial charge in [-0.05, 0) is 12.1 Å². The quantitative estimate of drug-likeness (QED) is 0.834. The van der Waals surface area contributed by atoms with Crippen LogP contribution in [0.2, 0.25) is 0 Å². The summed E-state index contributed by atoms with van der Waals surface area (Å²) < 4.78 is 26.8. The number of halogens is 2. The Bertz CT molecular complexity index is 553. The summed E-state index contributed by atoms with van der Waals surface area (Å²) in [6, 6.07) is 2.86. The highest BCUT2D eigenvalue weighted by Crippen LogP contribution is 2.13. The van der Waals surface area contributed by atoms with Crippen LogP contribution in [0.15, 0.2) is 24.5 Å². The third kappa shape index (κ3) is 1.74. The van der Waals surface area contributed by atoms with Crippen molar-refractivity contribution in [2.45, 2.75) is 0 Å². The van der Waals surface area contributed by atoms with Crippen LogP contribution in [0.4, 0.5) is 8.78 Å². The molecule has 0 saturated heterocycles. The lowest BCUT2D eigenvalue weighted by Gasteiger charge is -2.01. The third-order valence-electron chi connectivity index (χ3n) is 1.84. The maximum Gasteiger partial charge on any atom is 0.375 e. The lowest BCUT2D eigenvalue weighted by Crippen LogP contribution is -2.03. The van der Waals surface area contributed by atoms with Crippen molar-refractivity contribution in [3.63, 3.8) is 0 Å². The topological polar surface area (TPSA) is 68.0 Å². The molecule has 0 amide bonds. The Morgan fingerprint density at radius 2 is 2.12 bits per heavy atom. The molecule has 0 fully saturated rings. The first-order valence-corrected chi connectivity index (χ1v) is 4.18. The molecular formula is C9H5F2N3O2. The number of carboxylic acids is 1. The SMILES string of the molecule is O=C(O)c1ncn(-c2ccc(F)cc2F)n1. The zero-order chi connectivity index (χ0) is 11.7. The van der Waals surface area contributed by atoms with E-state index >= 15 is 0 Å². The highest BCUT2D eigenvalue weighted by Gasteiger charge is 2.12. The molecule has 1 heterocycles. The zero-order valence-corrected chi connectivity index (χ0v) is 7.76. The van der Waals surface area contributed by atoms with Gasteiger partial charge in [0.15, 0.2) is 5.82 Å². The molecule has 1 aromatic carbocycles. The minimum Gasteiger partial charge on any atom is -0.475 e. The molecule has 1 aromatic heterocycles. The van der Waals surface area contributed by atoms with E-state index in [1.165, 1.54) is 0 Å². The molecule has 82 valence electrons. The van der Waals surface area contributed by atoms with Gasteiger partial charge in [-0.25, -0.2) is 23.2 Å². The van der Waals surface area contributed by atoms with Gasteiger partial charge in [0.25, 0.3) is 5.82 Å². The van der Waals surface area contributed by atoms with E-state index in [4.69, 9.17) is 5.11 Å². The largest absolute Gasteiger partial charge is 0.475 e. The number of carbonyl (C=O) groups is 1. The molecule has 7 heteroatoms. The van der Waals surface area contributed by atoms with Crippen LogP contribution in [0.5, 0.6) is 0 Å². The molecule has 0 saturated carbocycles. The lowest BCUT2D eigenvalue weighted by molar-refractivity contribution is 0.0683. The number of hydrogen-bond acceptors (Lipinski definition) is 3. The molecule has 2 rings (SSSR count). The van der Waals surface area contributed by atoms with Gasteiger partial charge in [0.05, 0.1) is 0 Å². The third-order valence-corrected chi connectivity index (χ3v) is 1.84. The zero-order valence-electron chi connectivity index (χ0n) is 7.76. The van der Waals surface area contributed by atoms with Crippen LogP contribution in [0, 0.1) is 11.6 Å². The van der Waals surface area contributed by atoms with Crippen molar-refractivity contribution >= 4 is 5.97 Å². The van der Waals surface area contributed by atoms with Crippen LogP contribution >= 0.6 is 0 Å². The summed E-state index contributed by atoms with van der Waals surface area (Å²) in [6.07, 6.45) is 1.04. The minimum absolute atomic E-state index is 0.0681. The summed E-state index contributed by atoms with van der Waals surface area (Å²) in [4.78, 5) is 13.9. The lowest BCUT2D eigenvalue weighted by atomic mass is 10.3. The standard InChI is InChI=1S/C9H5F2N3O2/c10-5-1-2-7(6(11)3-5)14-4-12-8(13-14)9(15)16/h1-4H,(H,15,16). The van der Waals surface area contributed by atoms with Crippen molar-refractivity contribution in [2.75, 3.05) is 0 Å². The molecule has 0 aliphatic rings. The second-order valence-corrected chi connectivity index (χ2v) is 2.91. The Morgan fingerprint density at radius 1 is 1.38 bits per heavy atom. The van der Waals surface area contributed by atoms with E-state index in [0.717, 1.165) is 23.1 Å². The molecule has 1 N–H and O–H groups in total. The Morgan fingerprint density at radius 3 is 2.69 bits per heavy atom. The van der Waals surface area contributed by atoms with Crippen LogP contribution in [0.25, 0.3) is 5.69 Å². The van der Waals surface area contributed by atoms with Gasteiger partial charge >= 0.3 is 5.97 Å². The molecule has 0 aliphatic carbocycles. The molecule has 0 bridgehead atoms. The van der Waals surface area contributed by atoms with Gasteiger partial charge in [0, 0.05) is 6.07 Å². The monoisotopic (exact) mass is 225 g/mol. The fourth-order valence-corrected chi connectivity index (χ4v) is 1.14. The second kappa shape index (κ2) is 3.69. The smallest absolute Gasteiger partial charge is 0.375 e. The van der Waals surface area contributed by atoms with E-state index in [9.17, 15) is 13.6 Å². The number of aromatic carboxylic acids is 1. The van der Waals surface area contributed by atoms with Gasteiger partial charge in [0.2, 0.25) is 0 Å². The Balaban J connectivity index is 2.46. The molecule has 0 spiro atoms. The van der Waals surface area contributed by atoms with E-state index in [0.29, 0.717) is 6.07 Å². The van der Waals surface area contributed by atoms with Crippen molar-refractivity contribution in [2.24, 2.45) is 0 Å². The highest BCUT2D eigenvalue weighted by molar-refractivity contribution is 5.82. The number of carboxylic acid groups (broad SMARTS) is 1. The average molecular weight is 225 g/mol. The Hall–Kier alpha value is -2.31. The number of nitrogens with zero attached hydrogens (tertiary/aromatic N) is 3. The highest BCUT2D eigenvalue weighted by atomic mass is 19.1. The molecule has 0 radical (unpaired) electrons. The summed E-state index contributed by atoms with van der Waals surface area (Å²) >= 11 is 0. The van der Waals surface area contributed by atoms with Crippen molar-refractivity contribution < 1.29 is 18.7 Å². The van der Waals surface area contributed by atoms with Gasteiger partial charge in [-0.2, -0.15) is 0 Å². The van der Waals surface area contributed by atoms with Crippen LogP contribution in [-0.2, 0) is 0 Å². The molecule has 16 heavy (non-hydrogen) atoms. The molecule has 5 nitrogen and oxygen atoms in total. The first-order valence-electron chi connectivity index (χ1n) is 4.18. The Labute approximate surface area is 88.0 Å². The maximum atomic E-state index is 13.3. The predicted molar refractivity (Wildman–Crippen MR) is 48.2 cm³/mol. The molecule has 2 aromatic rings. The van der Waals surface area contributed by atoms with E-state index in [-0.39, 0.29) is 5.69 Å². The fraction of sp³-hybridized carbons (Fsp3) is 0. The van der Waals surface area contributed by atoms with E-state index in [1.807, 2.05) is 0 Å². The minimum atomic E-state index is -1.32. The van der Waals surface area contributed by atoms with Crippen LogP contribution in [0.3, 0.4) is 0 Å². The van der Waals surface area contributed by atoms with Gasteiger partial charge in [-0.3, -0.25) is 0 Å².